The van der Waals surface area contributed by atoms with Crippen molar-refractivity contribution in [2.75, 3.05) is 26.1 Å². The Kier molecular flexibility index (Phi) is 7.46. The van der Waals surface area contributed by atoms with E-state index in [1.807, 2.05) is 67.6 Å². The first-order valence-corrected chi connectivity index (χ1v) is 11.3. The highest BCUT2D eigenvalue weighted by Crippen LogP contribution is 2.43. The minimum absolute atomic E-state index is 0.0420. The maximum absolute atomic E-state index is 12.2. The van der Waals surface area contributed by atoms with E-state index in [-0.39, 0.29) is 18.4 Å². The van der Waals surface area contributed by atoms with E-state index in [1.54, 1.807) is 23.9 Å². The van der Waals surface area contributed by atoms with Crippen molar-refractivity contribution in [3.63, 3.8) is 0 Å². The predicted molar refractivity (Wildman–Crippen MR) is 138 cm³/mol. The maximum Gasteiger partial charge on any atom is 0.309 e. The number of esters is 1. The van der Waals surface area contributed by atoms with Gasteiger partial charge in [0.25, 0.3) is 0 Å². The molecule has 4 aromatic rings. The lowest BCUT2D eigenvalue weighted by Gasteiger charge is -2.11. The van der Waals surface area contributed by atoms with Crippen LogP contribution in [0, 0.1) is 6.92 Å². The average Bonchev–Trinajstić information content (AvgIpc) is 3.23. The molecule has 0 atom stereocenters. The summed E-state index contributed by atoms with van der Waals surface area (Å²) >= 11 is 0. The van der Waals surface area contributed by atoms with Gasteiger partial charge < -0.3 is 19.5 Å². The predicted octanol–water partition coefficient (Wildman–Crippen LogP) is 5.03. The van der Waals surface area contributed by atoms with E-state index >= 15 is 0 Å². The minimum atomic E-state index is -0.473. The molecule has 0 saturated carbocycles. The van der Waals surface area contributed by atoms with Crippen LogP contribution in [0.1, 0.15) is 12.5 Å². The molecule has 1 aromatic heterocycles. The van der Waals surface area contributed by atoms with Crippen molar-refractivity contribution in [2.24, 2.45) is 0 Å². The molecule has 0 saturated heterocycles. The maximum atomic E-state index is 12.2. The van der Waals surface area contributed by atoms with E-state index in [4.69, 9.17) is 19.3 Å². The molecule has 0 aliphatic rings. The Labute approximate surface area is 209 Å². The van der Waals surface area contributed by atoms with Crippen LogP contribution in [0.2, 0.25) is 0 Å². The van der Waals surface area contributed by atoms with E-state index in [0.717, 1.165) is 22.4 Å². The Hall–Kier alpha value is -4.43. The smallest absolute Gasteiger partial charge is 0.309 e. The Morgan fingerprint density at radius 1 is 0.944 bits per heavy atom. The number of nitrogens with zero attached hydrogens (tertiary/aromatic N) is 2. The standard InChI is InChI=1S/C28H27N3O5/c1-18-9-15-22(16-10-18)31-28(36-19(2)32)26(27(30-31)23-7-5-6-8-24(23)35-4)20-11-13-21(14-12-20)29-25(33)17-34-3/h5-16H,17H2,1-4H3,(H,29,33). The van der Waals surface area contributed by atoms with Crippen molar-refractivity contribution >= 4 is 17.6 Å². The fourth-order valence-corrected chi connectivity index (χ4v) is 3.83. The van der Waals surface area contributed by atoms with Gasteiger partial charge in [0.2, 0.25) is 11.8 Å². The Morgan fingerprint density at radius 3 is 2.28 bits per heavy atom. The largest absolute Gasteiger partial charge is 0.496 e. The molecular weight excluding hydrogens is 458 g/mol. The Bertz CT molecular complexity index is 1380. The molecule has 4 rings (SSSR count). The fraction of sp³-hybridized carbons (Fsp3) is 0.179. The molecule has 1 heterocycles. The van der Waals surface area contributed by atoms with E-state index < -0.39 is 5.97 Å². The molecule has 0 bridgehead atoms. The SMILES string of the molecule is COCC(=O)Nc1ccc(-c2c(-c3ccccc3OC)nn(-c3ccc(C)cc3)c2OC(C)=O)cc1. The Balaban J connectivity index is 1.93. The number of aromatic nitrogens is 2. The molecule has 0 aliphatic carbocycles. The van der Waals surface area contributed by atoms with Crippen LogP contribution in [0.5, 0.6) is 11.6 Å². The summed E-state index contributed by atoms with van der Waals surface area (Å²) in [5.41, 5.74) is 5.13. The zero-order valence-corrected chi connectivity index (χ0v) is 20.6. The molecule has 1 N–H and O–H groups in total. The van der Waals surface area contributed by atoms with E-state index in [0.29, 0.717) is 22.7 Å². The number of hydrogen-bond donors (Lipinski definition) is 1. The number of methoxy groups -OCH3 is 2. The number of aryl methyl sites for hydroxylation is 1. The molecule has 0 fully saturated rings. The van der Waals surface area contributed by atoms with Crippen LogP contribution in [-0.4, -0.2) is 42.5 Å². The molecule has 8 heteroatoms. The molecule has 0 spiro atoms. The van der Waals surface area contributed by atoms with Crippen LogP contribution >= 0.6 is 0 Å². The van der Waals surface area contributed by atoms with Crippen LogP contribution in [0.4, 0.5) is 5.69 Å². The fourth-order valence-electron chi connectivity index (χ4n) is 3.83. The van der Waals surface area contributed by atoms with Crippen LogP contribution in [0.3, 0.4) is 0 Å². The minimum Gasteiger partial charge on any atom is -0.496 e. The van der Waals surface area contributed by atoms with Crippen LogP contribution in [0.15, 0.2) is 72.8 Å². The quantitative estimate of drug-likeness (QED) is 0.352. The third kappa shape index (κ3) is 5.29. The number of anilines is 1. The molecule has 0 aliphatic heterocycles. The monoisotopic (exact) mass is 485 g/mol. The van der Waals surface area contributed by atoms with Gasteiger partial charge in [-0.25, -0.2) is 0 Å². The zero-order chi connectivity index (χ0) is 25.7. The highest BCUT2D eigenvalue weighted by atomic mass is 16.5. The number of benzene rings is 3. The number of ether oxygens (including phenoxy) is 3. The van der Waals surface area contributed by atoms with Gasteiger partial charge in [0.15, 0.2) is 0 Å². The molecule has 0 radical (unpaired) electrons. The van der Waals surface area contributed by atoms with Gasteiger partial charge in [0.1, 0.15) is 18.1 Å². The van der Waals surface area contributed by atoms with Gasteiger partial charge in [-0.15, -0.1) is 0 Å². The van der Waals surface area contributed by atoms with Gasteiger partial charge in [-0.05, 0) is 48.9 Å². The molecule has 1 amide bonds. The molecule has 0 unspecified atom stereocenters. The first-order valence-electron chi connectivity index (χ1n) is 11.3. The van der Waals surface area contributed by atoms with Crippen molar-refractivity contribution in [1.82, 2.24) is 9.78 Å². The summed E-state index contributed by atoms with van der Waals surface area (Å²) in [6.07, 6.45) is 0. The van der Waals surface area contributed by atoms with Gasteiger partial charge in [-0.2, -0.15) is 9.78 Å². The van der Waals surface area contributed by atoms with Crippen LogP contribution in [0.25, 0.3) is 28.1 Å². The molecule has 184 valence electrons. The average molecular weight is 486 g/mol. The molecule has 3 aromatic carbocycles. The summed E-state index contributed by atoms with van der Waals surface area (Å²) in [6.45, 7) is 3.31. The van der Waals surface area contributed by atoms with Gasteiger partial charge in [0.05, 0.1) is 18.4 Å². The second-order valence-electron chi connectivity index (χ2n) is 8.13. The first-order chi connectivity index (χ1) is 17.4. The summed E-state index contributed by atoms with van der Waals surface area (Å²) in [4.78, 5) is 24.1. The molecule has 8 nitrogen and oxygen atoms in total. The lowest BCUT2D eigenvalue weighted by molar-refractivity contribution is -0.132. The number of hydrogen-bond acceptors (Lipinski definition) is 6. The van der Waals surface area contributed by atoms with E-state index in [9.17, 15) is 9.59 Å². The summed E-state index contributed by atoms with van der Waals surface area (Å²) in [6, 6.07) is 22.5. The molecular formula is C28H27N3O5. The Morgan fingerprint density at radius 2 is 1.64 bits per heavy atom. The lowest BCUT2D eigenvalue weighted by atomic mass is 10.00. The van der Waals surface area contributed by atoms with Crippen LogP contribution in [-0.2, 0) is 14.3 Å². The van der Waals surface area contributed by atoms with Gasteiger partial charge in [0, 0.05) is 25.3 Å². The number of rotatable bonds is 8. The summed E-state index contributed by atoms with van der Waals surface area (Å²) in [5, 5.41) is 7.67. The highest BCUT2D eigenvalue weighted by Gasteiger charge is 2.26. The second kappa shape index (κ2) is 10.9. The first kappa shape index (κ1) is 24.7. The van der Waals surface area contributed by atoms with Gasteiger partial charge in [-0.1, -0.05) is 42.0 Å². The van der Waals surface area contributed by atoms with Crippen molar-refractivity contribution < 1.29 is 23.8 Å². The summed E-state index contributed by atoms with van der Waals surface area (Å²) in [5.74, 6) is 0.181. The zero-order valence-electron chi connectivity index (χ0n) is 20.6. The summed E-state index contributed by atoms with van der Waals surface area (Å²) < 4.78 is 17.9. The topological polar surface area (TPSA) is 91.7 Å². The normalized spacial score (nSPS) is 10.7. The summed E-state index contributed by atoms with van der Waals surface area (Å²) in [7, 11) is 3.06. The second-order valence-corrected chi connectivity index (χ2v) is 8.13. The number of para-hydroxylation sites is 1. The van der Waals surface area contributed by atoms with E-state index in [2.05, 4.69) is 5.32 Å². The highest BCUT2D eigenvalue weighted by molar-refractivity contribution is 5.93. The number of amides is 1. The van der Waals surface area contributed by atoms with Gasteiger partial charge in [-0.3, -0.25) is 9.59 Å². The number of nitrogens with one attached hydrogen (secondary N) is 1. The third-order valence-corrected chi connectivity index (χ3v) is 5.46. The van der Waals surface area contributed by atoms with Crippen molar-refractivity contribution in [3.8, 4) is 39.7 Å². The molecule has 36 heavy (non-hydrogen) atoms. The van der Waals surface area contributed by atoms with Gasteiger partial charge >= 0.3 is 5.97 Å². The number of carbonyl (C=O) groups excluding carboxylic acids is 2. The van der Waals surface area contributed by atoms with Crippen LogP contribution < -0.4 is 14.8 Å². The lowest BCUT2D eigenvalue weighted by Crippen LogP contribution is -2.16. The van der Waals surface area contributed by atoms with Crippen molar-refractivity contribution in [2.45, 2.75) is 13.8 Å². The van der Waals surface area contributed by atoms with E-state index in [1.165, 1.54) is 14.0 Å². The number of carbonyl (C=O) groups is 2. The van der Waals surface area contributed by atoms with Crippen molar-refractivity contribution in [3.05, 3.63) is 78.4 Å². The third-order valence-electron chi connectivity index (χ3n) is 5.46. The van der Waals surface area contributed by atoms with Crippen molar-refractivity contribution in [1.29, 1.82) is 0 Å².